The van der Waals surface area contributed by atoms with Gasteiger partial charge in [-0.2, -0.15) is 0 Å². The van der Waals surface area contributed by atoms with E-state index in [1.165, 1.54) is 11.8 Å². The third kappa shape index (κ3) is 3.23. The molecule has 124 valence electrons. The molecule has 0 radical (unpaired) electrons. The van der Waals surface area contributed by atoms with Crippen LogP contribution in [0.3, 0.4) is 0 Å². The number of thioether (sulfide) groups is 1. The third-order valence-corrected chi connectivity index (χ3v) is 5.13. The molecule has 2 heterocycles. The van der Waals surface area contributed by atoms with Crippen LogP contribution in [0.4, 0.5) is 5.69 Å². The molecule has 0 saturated carbocycles. The van der Waals surface area contributed by atoms with Gasteiger partial charge >= 0.3 is 0 Å². The lowest BCUT2D eigenvalue weighted by molar-refractivity contribution is 0.0928. The zero-order valence-corrected chi connectivity index (χ0v) is 14.4. The van der Waals surface area contributed by atoms with Crippen LogP contribution in [-0.4, -0.2) is 17.0 Å². The summed E-state index contributed by atoms with van der Waals surface area (Å²) in [6.45, 7) is 2.05. The molecule has 1 aliphatic heterocycles. The summed E-state index contributed by atoms with van der Waals surface area (Å²) >= 11 is 1.59. The van der Waals surface area contributed by atoms with Crippen molar-refractivity contribution in [3.8, 4) is 0 Å². The van der Waals surface area contributed by atoms with Crippen molar-refractivity contribution in [1.29, 1.82) is 0 Å². The Bertz CT molecular complexity index is 931. The summed E-state index contributed by atoms with van der Waals surface area (Å²) in [5, 5.41) is 2.74. The normalized spacial score (nSPS) is 16.0. The van der Waals surface area contributed by atoms with Crippen molar-refractivity contribution in [1.82, 2.24) is 5.32 Å². The predicted molar refractivity (Wildman–Crippen MR) is 99.6 cm³/mol. The molecule has 3 aromatic rings. The van der Waals surface area contributed by atoms with E-state index in [9.17, 15) is 4.79 Å². The number of nitrogens with zero attached hydrogens (tertiary/aromatic N) is 1. The highest BCUT2D eigenvalue weighted by molar-refractivity contribution is 8.00. The second kappa shape index (κ2) is 6.61. The third-order valence-electron chi connectivity index (χ3n) is 3.95. The highest BCUT2D eigenvalue weighted by Gasteiger charge is 2.27. The van der Waals surface area contributed by atoms with Crippen LogP contribution in [0, 0.1) is 6.92 Å². The number of carbonyl (C=O) groups is 1. The molecule has 5 heteroatoms. The number of benzene rings is 2. The molecular formula is C20H16N2O2S. The van der Waals surface area contributed by atoms with Gasteiger partial charge in [-0.3, -0.25) is 4.79 Å². The van der Waals surface area contributed by atoms with Gasteiger partial charge in [-0.15, -0.1) is 0 Å². The summed E-state index contributed by atoms with van der Waals surface area (Å²) in [6, 6.07) is 19.5. The van der Waals surface area contributed by atoms with Crippen molar-refractivity contribution >= 4 is 29.1 Å². The highest BCUT2D eigenvalue weighted by atomic mass is 32.2. The second-order valence-electron chi connectivity index (χ2n) is 5.78. The molecule has 1 aromatic heterocycles. The Morgan fingerprint density at radius 2 is 1.88 bits per heavy atom. The van der Waals surface area contributed by atoms with E-state index in [1.54, 1.807) is 23.9 Å². The summed E-state index contributed by atoms with van der Waals surface area (Å²) in [5.74, 6) is 0.0457. The molecule has 1 atom stereocenters. The van der Waals surface area contributed by atoms with Gasteiger partial charge in [0.1, 0.15) is 5.37 Å². The van der Waals surface area contributed by atoms with E-state index in [0.717, 1.165) is 21.9 Å². The Labute approximate surface area is 150 Å². The first-order valence-corrected chi connectivity index (χ1v) is 8.84. The molecule has 0 spiro atoms. The zero-order valence-electron chi connectivity index (χ0n) is 13.6. The van der Waals surface area contributed by atoms with Crippen LogP contribution >= 0.6 is 11.8 Å². The highest BCUT2D eigenvalue weighted by Crippen LogP contribution is 2.38. The van der Waals surface area contributed by atoms with Gasteiger partial charge in [0, 0.05) is 4.90 Å². The monoisotopic (exact) mass is 348 g/mol. The van der Waals surface area contributed by atoms with Crippen molar-refractivity contribution in [2.75, 3.05) is 0 Å². The fraction of sp³-hybridized carbons (Fsp3) is 0.100. The molecule has 0 fully saturated rings. The van der Waals surface area contributed by atoms with Crippen molar-refractivity contribution in [3.05, 3.63) is 83.8 Å². The van der Waals surface area contributed by atoms with E-state index < -0.39 is 0 Å². The maximum atomic E-state index is 12.4. The average molecular weight is 348 g/mol. The van der Waals surface area contributed by atoms with Crippen LogP contribution in [0.15, 0.2) is 81.2 Å². The van der Waals surface area contributed by atoms with Crippen LogP contribution in [0.2, 0.25) is 0 Å². The van der Waals surface area contributed by atoms with Crippen LogP contribution in [0.25, 0.3) is 0 Å². The van der Waals surface area contributed by atoms with Crippen molar-refractivity contribution in [2.24, 2.45) is 4.99 Å². The number of hydrogen-bond donors (Lipinski definition) is 1. The topological polar surface area (TPSA) is 54.6 Å². The standard InChI is InChI=1S/C20H16N2O2S/c1-13-8-10-14(11-9-13)18-20(22-19(23)16-6-4-12-24-16)25-17-7-3-2-5-15(17)21-18/h2-12,20H,1H3,(H,22,23)/t20-/m1/s1. The summed E-state index contributed by atoms with van der Waals surface area (Å²) < 4.78 is 5.20. The van der Waals surface area contributed by atoms with E-state index in [4.69, 9.17) is 9.41 Å². The first kappa shape index (κ1) is 15.7. The van der Waals surface area contributed by atoms with Gasteiger partial charge in [0.05, 0.1) is 17.7 Å². The molecule has 0 bridgehead atoms. The summed E-state index contributed by atoms with van der Waals surface area (Å²) in [7, 11) is 0. The minimum absolute atomic E-state index is 0.248. The lowest BCUT2D eigenvalue weighted by Gasteiger charge is -2.25. The van der Waals surface area contributed by atoms with Gasteiger partial charge in [-0.1, -0.05) is 53.7 Å². The van der Waals surface area contributed by atoms with Crippen LogP contribution in [0.5, 0.6) is 0 Å². The SMILES string of the molecule is Cc1ccc(C2=Nc3ccccc3S[C@H]2NC(=O)c2ccco2)cc1. The first-order chi connectivity index (χ1) is 12.2. The average Bonchev–Trinajstić information content (AvgIpc) is 3.17. The molecule has 0 saturated heterocycles. The van der Waals surface area contributed by atoms with E-state index in [-0.39, 0.29) is 11.3 Å². The number of carbonyl (C=O) groups excluding carboxylic acids is 1. The predicted octanol–water partition coefficient (Wildman–Crippen LogP) is 4.57. The van der Waals surface area contributed by atoms with Gasteiger partial charge in [0.25, 0.3) is 5.91 Å². The van der Waals surface area contributed by atoms with Crippen LogP contribution in [0.1, 0.15) is 21.7 Å². The number of fused-ring (bicyclic) bond motifs is 1. The zero-order chi connectivity index (χ0) is 17.2. The number of para-hydroxylation sites is 1. The van der Waals surface area contributed by atoms with Crippen LogP contribution < -0.4 is 5.32 Å². The lowest BCUT2D eigenvalue weighted by Crippen LogP contribution is -2.39. The van der Waals surface area contributed by atoms with Crippen molar-refractivity contribution < 1.29 is 9.21 Å². The maximum Gasteiger partial charge on any atom is 0.288 e. The number of aliphatic imine (C=N–C) groups is 1. The Morgan fingerprint density at radius 1 is 1.08 bits per heavy atom. The Morgan fingerprint density at radius 3 is 2.64 bits per heavy atom. The van der Waals surface area contributed by atoms with Crippen LogP contribution in [-0.2, 0) is 0 Å². The van der Waals surface area contributed by atoms with Crippen molar-refractivity contribution in [2.45, 2.75) is 17.2 Å². The quantitative estimate of drug-likeness (QED) is 0.754. The first-order valence-electron chi connectivity index (χ1n) is 7.96. The molecule has 1 amide bonds. The van der Waals surface area contributed by atoms with E-state index in [0.29, 0.717) is 5.76 Å². The Kier molecular flexibility index (Phi) is 4.15. The van der Waals surface area contributed by atoms with E-state index in [1.807, 2.05) is 43.3 Å². The maximum absolute atomic E-state index is 12.4. The smallest absolute Gasteiger partial charge is 0.288 e. The molecule has 25 heavy (non-hydrogen) atoms. The van der Waals surface area contributed by atoms with E-state index in [2.05, 4.69) is 17.4 Å². The fourth-order valence-electron chi connectivity index (χ4n) is 2.66. The number of furan rings is 1. The summed E-state index contributed by atoms with van der Waals surface area (Å²) in [5.41, 5.74) is 3.94. The molecule has 2 aromatic carbocycles. The largest absolute Gasteiger partial charge is 0.459 e. The molecule has 1 N–H and O–H groups in total. The Hall–Kier alpha value is -2.79. The number of hydrogen-bond acceptors (Lipinski definition) is 4. The molecular weight excluding hydrogens is 332 g/mol. The van der Waals surface area contributed by atoms with Gasteiger partial charge in [0.2, 0.25) is 0 Å². The Balaban J connectivity index is 1.71. The van der Waals surface area contributed by atoms with Gasteiger partial charge in [0.15, 0.2) is 5.76 Å². The number of aryl methyl sites for hydroxylation is 1. The van der Waals surface area contributed by atoms with Crippen molar-refractivity contribution in [3.63, 3.8) is 0 Å². The minimum Gasteiger partial charge on any atom is -0.459 e. The van der Waals surface area contributed by atoms with Gasteiger partial charge in [-0.25, -0.2) is 4.99 Å². The summed E-state index contributed by atoms with van der Waals surface area (Å²) in [4.78, 5) is 18.3. The minimum atomic E-state index is -0.282. The molecule has 4 rings (SSSR count). The van der Waals surface area contributed by atoms with Gasteiger partial charge in [-0.05, 0) is 36.8 Å². The molecule has 4 nitrogen and oxygen atoms in total. The molecule has 1 aliphatic rings. The lowest BCUT2D eigenvalue weighted by atomic mass is 10.1. The number of rotatable bonds is 3. The van der Waals surface area contributed by atoms with Gasteiger partial charge < -0.3 is 9.73 Å². The second-order valence-corrected chi connectivity index (χ2v) is 6.93. The molecule has 0 unspecified atom stereocenters. The fourth-order valence-corrected chi connectivity index (χ4v) is 3.77. The van der Waals surface area contributed by atoms with E-state index >= 15 is 0 Å². The number of amides is 1. The summed E-state index contributed by atoms with van der Waals surface area (Å²) in [6.07, 6.45) is 1.49. The molecule has 0 aliphatic carbocycles. The number of nitrogens with one attached hydrogen (secondary N) is 1.